The molecule has 0 aliphatic rings. The first kappa shape index (κ1) is 15.8. The number of nitrogens with one attached hydrogen (secondary N) is 2. The van der Waals surface area contributed by atoms with Crippen molar-refractivity contribution in [3.05, 3.63) is 24.4 Å². The van der Waals surface area contributed by atoms with Gasteiger partial charge in [-0.1, -0.05) is 0 Å². The van der Waals surface area contributed by atoms with E-state index < -0.39 is 21.2 Å². The second-order valence-electron chi connectivity index (χ2n) is 6.25. The number of anilines is 1. The summed E-state index contributed by atoms with van der Waals surface area (Å²) in [7, 11) is -3.78. The van der Waals surface area contributed by atoms with Crippen molar-refractivity contribution in [2.24, 2.45) is 0 Å². The van der Waals surface area contributed by atoms with Crippen LogP contribution in [0.15, 0.2) is 29.3 Å². The highest BCUT2D eigenvalue weighted by molar-refractivity contribution is 7.89. The van der Waals surface area contributed by atoms with Crippen LogP contribution in [0.4, 0.5) is 5.69 Å². The number of aromatic nitrogens is 1. The lowest BCUT2D eigenvalue weighted by atomic mass is 9.87. The van der Waals surface area contributed by atoms with Gasteiger partial charge in [0.05, 0.1) is 11.1 Å². The van der Waals surface area contributed by atoms with Crippen LogP contribution in [0.25, 0.3) is 10.9 Å². The van der Waals surface area contributed by atoms with Crippen LogP contribution >= 0.6 is 0 Å². The number of aromatic amines is 1. The van der Waals surface area contributed by atoms with Gasteiger partial charge in [-0.05, 0) is 45.9 Å². The molecule has 0 unspecified atom stereocenters. The van der Waals surface area contributed by atoms with E-state index in [-0.39, 0.29) is 4.90 Å². The van der Waals surface area contributed by atoms with E-state index in [0.29, 0.717) is 16.6 Å². The minimum Gasteiger partial charge on any atom is -0.399 e. The van der Waals surface area contributed by atoms with E-state index in [1.165, 1.54) is 6.20 Å². The van der Waals surface area contributed by atoms with E-state index in [4.69, 9.17) is 5.73 Å². The highest BCUT2D eigenvalue weighted by Gasteiger charge is 2.39. The SMILES string of the molecule is CC(C)(O)C(C)(C)NS(=O)(=O)c1c[nH]c2cc(N)ccc12. The second-order valence-corrected chi connectivity index (χ2v) is 7.90. The molecule has 0 spiro atoms. The van der Waals surface area contributed by atoms with Gasteiger partial charge in [0.25, 0.3) is 0 Å². The normalized spacial score (nSPS) is 13.8. The van der Waals surface area contributed by atoms with Crippen molar-refractivity contribution >= 4 is 26.6 Å². The first-order valence-corrected chi connectivity index (χ1v) is 8.05. The average molecular weight is 311 g/mol. The predicted octanol–water partition coefficient (Wildman–Crippen LogP) is 1.58. The number of rotatable bonds is 4. The topological polar surface area (TPSA) is 108 Å². The zero-order chi connectivity index (χ0) is 16.1. The van der Waals surface area contributed by atoms with E-state index in [1.807, 2.05) is 0 Å². The quantitative estimate of drug-likeness (QED) is 0.643. The van der Waals surface area contributed by atoms with Gasteiger partial charge in [0.2, 0.25) is 10.0 Å². The van der Waals surface area contributed by atoms with Crippen LogP contribution in [0.2, 0.25) is 0 Å². The first-order chi connectivity index (χ1) is 9.44. The molecular weight excluding hydrogens is 290 g/mol. The Labute approximate surface area is 124 Å². The smallest absolute Gasteiger partial charge is 0.243 e. The Hall–Kier alpha value is -1.57. The van der Waals surface area contributed by atoms with Crippen LogP contribution in [0.1, 0.15) is 27.7 Å². The molecule has 0 aliphatic heterocycles. The minimum absolute atomic E-state index is 0.134. The summed E-state index contributed by atoms with van der Waals surface area (Å²) >= 11 is 0. The summed E-state index contributed by atoms with van der Waals surface area (Å²) in [5.41, 5.74) is 4.65. The second kappa shape index (κ2) is 4.72. The van der Waals surface area contributed by atoms with Gasteiger partial charge >= 0.3 is 0 Å². The van der Waals surface area contributed by atoms with Crippen LogP contribution in [0.3, 0.4) is 0 Å². The Balaban J connectivity index is 2.48. The number of hydrogen-bond acceptors (Lipinski definition) is 4. The van der Waals surface area contributed by atoms with Crippen molar-refractivity contribution in [1.29, 1.82) is 0 Å². The Morgan fingerprint density at radius 1 is 1.24 bits per heavy atom. The minimum atomic E-state index is -3.78. The maximum absolute atomic E-state index is 12.6. The maximum Gasteiger partial charge on any atom is 0.243 e. The van der Waals surface area contributed by atoms with Gasteiger partial charge in [-0.15, -0.1) is 0 Å². The molecule has 2 rings (SSSR count). The lowest BCUT2D eigenvalue weighted by molar-refractivity contribution is 0.00639. The van der Waals surface area contributed by atoms with Gasteiger partial charge in [-0.3, -0.25) is 0 Å². The zero-order valence-electron chi connectivity index (χ0n) is 12.6. The van der Waals surface area contributed by atoms with E-state index in [2.05, 4.69) is 9.71 Å². The van der Waals surface area contributed by atoms with Gasteiger partial charge in [0.15, 0.2) is 0 Å². The highest BCUT2D eigenvalue weighted by atomic mass is 32.2. The molecule has 0 amide bonds. The summed E-state index contributed by atoms with van der Waals surface area (Å²) in [6, 6.07) is 4.98. The summed E-state index contributed by atoms with van der Waals surface area (Å²) in [4.78, 5) is 3.03. The number of nitrogens with two attached hydrogens (primary N) is 1. The number of aliphatic hydroxyl groups is 1. The fourth-order valence-electron chi connectivity index (χ4n) is 1.86. The molecule has 1 heterocycles. The van der Waals surface area contributed by atoms with E-state index in [0.717, 1.165) is 0 Å². The fourth-order valence-corrected chi connectivity index (χ4v) is 3.57. The van der Waals surface area contributed by atoms with Crippen LogP contribution in [-0.2, 0) is 10.0 Å². The highest BCUT2D eigenvalue weighted by Crippen LogP contribution is 2.28. The summed E-state index contributed by atoms with van der Waals surface area (Å²) < 4.78 is 27.7. The molecule has 0 atom stereocenters. The molecule has 1 aromatic carbocycles. The number of hydrogen-bond donors (Lipinski definition) is 4. The summed E-state index contributed by atoms with van der Waals surface area (Å²) in [6.07, 6.45) is 1.42. The molecule has 7 heteroatoms. The molecule has 0 fully saturated rings. The van der Waals surface area contributed by atoms with Crippen molar-refractivity contribution in [3.63, 3.8) is 0 Å². The molecule has 5 N–H and O–H groups in total. The van der Waals surface area contributed by atoms with E-state index >= 15 is 0 Å². The molecule has 0 bridgehead atoms. The Kier molecular flexibility index (Phi) is 3.56. The van der Waals surface area contributed by atoms with Gasteiger partial charge in [-0.2, -0.15) is 0 Å². The molecule has 2 aromatic rings. The first-order valence-electron chi connectivity index (χ1n) is 6.57. The molecule has 0 saturated heterocycles. The Bertz CT molecular complexity index is 770. The van der Waals surface area contributed by atoms with Crippen LogP contribution in [0.5, 0.6) is 0 Å². The van der Waals surface area contributed by atoms with Crippen molar-refractivity contribution in [2.45, 2.75) is 43.7 Å². The van der Waals surface area contributed by atoms with Crippen molar-refractivity contribution < 1.29 is 13.5 Å². The molecular formula is C14H21N3O3S. The Morgan fingerprint density at radius 2 is 1.86 bits per heavy atom. The molecule has 6 nitrogen and oxygen atoms in total. The van der Waals surface area contributed by atoms with E-state index in [1.54, 1.807) is 45.9 Å². The van der Waals surface area contributed by atoms with Crippen molar-refractivity contribution in [1.82, 2.24) is 9.71 Å². The number of fused-ring (bicyclic) bond motifs is 1. The number of sulfonamides is 1. The largest absolute Gasteiger partial charge is 0.399 e. The standard InChI is InChI=1S/C14H21N3O3S/c1-13(2,14(3,4)18)17-21(19,20)12-8-16-11-7-9(15)5-6-10(11)12/h5-8,16-18H,15H2,1-4H3. The number of benzene rings is 1. The lowest BCUT2D eigenvalue weighted by Gasteiger charge is -2.37. The van der Waals surface area contributed by atoms with Gasteiger partial charge in [-0.25, -0.2) is 13.1 Å². The molecule has 116 valence electrons. The van der Waals surface area contributed by atoms with Crippen molar-refractivity contribution in [3.8, 4) is 0 Å². The average Bonchev–Trinajstić information content (AvgIpc) is 2.69. The third-order valence-electron chi connectivity index (χ3n) is 3.88. The van der Waals surface area contributed by atoms with Crippen molar-refractivity contribution in [2.75, 3.05) is 5.73 Å². The molecule has 1 aromatic heterocycles. The molecule has 0 radical (unpaired) electrons. The van der Waals surface area contributed by atoms with E-state index in [9.17, 15) is 13.5 Å². The molecule has 0 aliphatic carbocycles. The fraction of sp³-hybridized carbons (Fsp3) is 0.429. The van der Waals surface area contributed by atoms with Crippen LogP contribution in [0, 0.1) is 0 Å². The Morgan fingerprint density at radius 3 is 2.43 bits per heavy atom. The zero-order valence-corrected chi connectivity index (χ0v) is 13.4. The maximum atomic E-state index is 12.6. The lowest BCUT2D eigenvalue weighted by Crippen LogP contribution is -2.57. The van der Waals surface area contributed by atoms with Gasteiger partial charge < -0.3 is 15.8 Å². The number of H-pyrrole nitrogens is 1. The summed E-state index contributed by atoms with van der Waals surface area (Å²) in [5, 5.41) is 10.7. The number of nitrogen functional groups attached to an aromatic ring is 1. The van der Waals surface area contributed by atoms with Gasteiger partial charge in [0.1, 0.15) is 4.90 Å². The summed E-state index contributed by atoms with van der Waals surface area (Å²) in [5.74, 6) is 0. The summed E-state index contributed by atoms with van der Waals surface area (Å²) in [6.45, 7) is 6.39. The third-order valence-corrected chi connectivity index (χ3v) is 5.57. The van der Waals surface area contributed by atoms with Gasteiger partial charge in [0, 0.05) is 22.8 Å². The van der Waals surface area contributed by atoms with Crippen LogP contribution < -0.4 is 10.5 Å². The monoisotopic (exact) mass is 311 g/mol. The molecule has 21 heavy (non-hydrogen) atoms. The predicted molar refractivity (Wildman–Crippen MR) is 83.4 cm³/mol. The van der Waals surface area contributed by atoms with Crippen LogP contribution in [-0.4, -0.2) is 29.6 Å². The molecule has 0 saturated carbocycles. The third kappa shape index (κ3) is 2.90.